The van der Waals surface area contributed by atoms with E-state index in [1.807, 2.05) is 49.8 Å². The molecule has 0 atom stereocenters. The van der Waals surface area contributed by atoms with Crippen molar-refractivity contribution in [2.24, 2.45) is 7.05 Å². The minimum Gasteiger partial charge on any atom is -0.508 e. The number of phenols is 1. The number of nitrogens with zero attached hydrogens (tertiary/aromatic N) is 3. The first-order valence-electron chi connectivity index (χ1n) is 8.49. The van der Waals surface area contributed by atoms with Crippen LogP contribution >= 0.6 is 0 Å². The summed E-state index contributed by atoms with van der Waals surface area (Å²) < 4.78 is 1.82. The van der Waals surface area contributed by atoms with Crippen LogP contribution in [0.4, 0.5) is 0 Å². The lowest BCUT2D eigenvalue weighted by molar-refractivity contribution is 0.0949. The Labute approximate surface area is 152 Å². The number of amides is 1. The summed E-state index contributed by atoms with van der Waals surface area (Å²) >= 11 is 0. The maximum atomic E-state index is 12.4. The number of pyridine rings is 1. The fourth-order valence-electron chi connectivity index (χ4n) is 2.92. The molecule has 2 heterocycles. The molecule has 0 radical (unpaired) electrons. The van der Waals surface area contributed by atoms with Crippen molar-refractivity contribution < 1.29 is 9.90 Å². The number of hydrogen-bond donors (Lipinski definition) is 2. The molecule has 3 aromatic rings. The molecular formula is C20H22N4O2. The topological polar surface area (TPSA) is 80.0 Å². The zero-order valence-electron chi connectivity index (χ0n) is 15.2. The number of carbonyl (C=O) groups is 1. The van der Waals surface area contributed by atoms with Crippen molar-refractivity contribution in [2.75, 3.05) is 6.54 Å². The lowest BCUT2D eigenvalue weighted by atomic mass is 10.1. The van der Waals surface area contributed by atoms with E-state index in [0.29, 0.717) is 18.7 Å². The molecule has 0 bridgehead atoms. The van der Waals surface area contributed by atoms with Crippen molar-refractivity contribution in [1.82, 2.24) is 20.1 Å². The first-order valence-corrected chi connectivity index (χ1v) is 8.49. The number of aryl methyl sites for hydroxylation is 2. The van der Waals surface area contributed by atoms with Crippen LogP contribution in [0.15, 0.2) is 42.5 Å². The quantitative estimate of drug-likeness (QED) is 0.741. The Morgan fingerprint density at radius 3 is 2.54 bits per heavy atom. The van der Waals surface area contributed by atoms with Gasteiger partial charge in [0.05, 0.1) is 11.4 Å². The highest BCUT2D eigenvalue weighted by Gasteiger charge is 2.15. The molecule has 0 aliphatic carbocycles. The Hall–Kier alpha value is -3.15. The van der Waals surface area contributed by atoms with Gasteiger partial charge in [-0.1, -0.05) is 18.2 Å². The Balaban J connectivity index is 1.69. The van der Waals surface area contributed by atoms with E-state index in [0.717, 1.165) is 28.2 Å². The molecular weight excluding hydrogens is 328 g/mol. The molecule has 0 unspecified atom stereocenters. The van der Waals surface area contributed by atoms with Gasteiger partial charge in [0, 0.05) is 24.8 Å². The zero-order valence-corrected chi connectivity index (χ0v) is 15.2. The van der Waals surface area contributed by atoms with Crippen LogP contribution in [0.5, 0.6) is 5.75 Å². The molecule has 26 heavy (non-hydrogen) atoms. The SMILES string of the molecule is Cc1nn(C)c(C)c1-c1cccc(C(=O)NCCc2ccc(O)cc2)n1. The molecule has 0 aliphatic heterocycles. The van der Waals surface area contributed by atoms with Gasteiger partial charge in [-0.05, 0) is 50.1 Å². The number of nitrogens with one attached hydrogen (secondary N) is 1. The van der Waals surface area contributed by atoms with Crippen LogP contribution in [0.1, 0.15) is 27.4 Å². The molecule has 3 rings (SSSR count). The third kappa shape index (κ3) is 3.74. The monoisotopic (exact) mass is 350 g/mol. The van der Waals surface area contributed by atoms with Gasteiger partial charge in [-0.3, -0.25) is 9.48 Å². The third-order valence-electron chi connectivity index (χ3n) is 4.38. The molecule has 0 saturated carbocycles. The number of phenolic OH excluding ortho intramolecular Hbond substituents is 1. The van der Waals surface area contributed by atoms with Crippen molar-refractivity contribution in [3.8, 4) is 17.0 Å². The number of aromatic nitrogens is 3. The zero-order chi connectivity index (χ0) is 18.7. The Morgan fingerprint density at radius 1 is 1.15 bits per heavy atom. The molecule has 1 amide bonds. The van der Waals surface area contributed by atoms with Crippen molar-refractivity contribution in [1.29, 1.82) is 0 Å². The van der Waals surface area contributed by atoms with Gasteiger partial charge in [-0.15, -0.1) is 0 Å². The second kappa shape index (κ2) is 7.39. The van der Waals surface area contributed by atoms with Crippen molar-refractivity contribution in [3.05, 3.63) is 65.1 Å². The van der Waals surface area contributed by atoms with E-state index in [2.05, 4.69) is 15.4 Å². The molecule has 2 N–H and O–H groups in total. The summed E-state index contributed by atoms with van der Waals surface area (Å²) in [4.78, 5) is 16.9. The van der Waals surface area contributed by atoms with Gasteiger partial charge in [0.15, 0.2) is 0 Å². The maximum Gasteiger partial charge on any atom is 0.269 e. The van der Waals surface area contributed by atoms with Gasteiger partial charge in [-0.2, -0.15) is 5.10 Å². The van der Waals surface area contributed by atoms with E-state index in [9.17, 15) is 9.90 Å². The van der Waals surface area contributed by atoms with Gasteiger partial charge in [0.25, 0.3) is 5.91 Å². The molecule has 0 spiro atoms. The normalized spacial score (nSPS) is 10.7. The predicted molar refractivity (Wildman–Crippen MR) is 100 cm³/mol. The van der Waals surface area contributed by atoms with Crippen LogP contribution in [0.25, 0.3) is 11.3 Å². The van der Waals surface area contributed by atoms with Crippen LogP contribution in [0.3, 0.4) is 0 Å². The highest BCUT2D eigenvalue weighted by molar-refractivity contribution is 5.92. The molecule has 0 aliphatic rings. The van der Waals surface area contributed by atoms with Gasteiger partial charge in [-0.25, -0.2) is 4.98 Å². The molecule has 6 heteroatoms. The lowest BCUT2D eigenvalue weighted by Crippen LogP contribution is -2.26. The molecule has 1 aromatic carbocycles. The summed E-state index contributed by atoms with van der Waals surface area (Å²) in [7, 11) is 1.89. The molecule has 2 aromatic heterocycles. The van der Waals surface area contributed by atoms with E-state index in [1.165, 1.54) is 0 Å². The summed E-state index contributed by atoms with van der Waals surface area (Å²) in [5, 5.41) is 16.6. The van der Waals surface area contributed by atoms with Gasteiger partial charge in [0.2, 0.25) is 0 Å². The average molecular weight is 350 g/mol. The molecule has 6 nitrogen and oxygen atoms in total. The highest BCUT2D eigenvalue weighted by atomic mass is 16.3. The minimum atomic E-state index is -0.204. The van der Waals surface area contributed by atoms with Crippen LogP contribution < -0.4 is 5.32 Å². The summed E-state index contributed by atoms with van der Waals surface area (Å²) in [6.45, 7) is 4.43. The van der Waals surface area contributed by atoms with Crippen molar-refractivity contribution in [3.63, 3.8) is 0 Å². The number of carbonyl (C=O) groups excluding carboxylic acids is 1. The molecule has 0 saturated heterocycles. The Kier molecular flexibility index (Phi) is 5.02. The predicted octanol–water partition coefficient (Wildman–Crippen LogP) is 2.78. The Bertz CT molecular complexity index is 929. The highest BCUT2D eigenvalue weighted by Crippen LogP contribution is 2.24. The standard InChI is InChI=1S/C20H22N4O2/c1-13-19(14(2)24(3)23-13)17-5-4-6-18(22-17)20(26)21-12-11-15-7-9-16(25)10-8-15/h4-10,25H,11-12H2,1-3H3,(H,21,26). The van der Waals surface area contributed by atoms with Crippen LogP contribution in [0.2, 0.25) is 0 Å². The fourth-order valence-corrected chi connectivity index (χ4v) is 2.92. The van der Waals surface area contributed by atoms with Crippen LogP contribution in [0, 0.1) is 13.8 Å². The number of benzene rings is 1. The first-order chi connectivity index (χ1) is 12.5. The number of rotatable bonds is 5. The Morgan fingerprint density at radius 2 is 1.88 bits per heavy atom. The van der Waals surface area contributed by atoms with Crippen LogP contribution in [-0.4, -0.2) is 32.3 Å². The molecule has 134 valence electrons. The molecule has 0 fully saturated rings. The second-order valence-electron chi connectivity index (χ2n) is 6.25. The van der Waals surface area contributed by atoms with Gasteiger partial charge >= 0.3 is 0 Å². The number of aromatic hydroxyl groups is 1. The summed E-state index contributed by atoms with van der Waals surface area (Å²) in [6, 6.07) is 12.4. The van der Waals surface area contributed by atoms with E-state index < -0.39 is 0 Å². The van der Waals surface area contributed by atoms with E-state index in [-0.39, 0.29) is 11.7 Å². The minimum absolute atomic E-state index is 0.204. The van der Waals surface area contributed by atoms with E-state index >= 15 is 0 Å². The summed E-state index contributed by atoms with van der Waals surface area (Å²) in [6.07, 6.45) is 0.687. The van der Waals surface area contributed by atoms with E-state index in [1.54, 1.807) is 18.2 Å². The summed E-state index contributed by atoms with van der Waals surface area (Å²) in [5.74, 6) is 0.0320. The largest absolute Gasteiger partial charge is 0.508 e. The van der Waals surface area contributed by atoms with E-state index in [4.69, 9.17) is 0 Å². The second-order valence-corrected chi connectivity index (χ2v) is 6.25. The van der Waals surface area contributed by atoms with Gasteiger partial charge < -0.3 is 10.4 Å². The number of hydrogen-bond acceptors (Lipinski definition) is 4. The fraction of sp³-hybridized carbons (Fsp3) is 0.250. The lowest BCUT2D eigenvalue weighted by Gasteiger charge is -2.07. The first kappa shape index (κ1) is 17.7. The van der Waals surface area contributed by atoms with Gasteiger partial charge in [0.1, 0.15) is 11.4 Å². The smallest absolute Gasteiger partial charge is 0.269 e. The van der Waals surface area contributed by atoms with Crippen LogP contribution in [-0.2, 0) is 13.5 Å². The maximum absolute atomic E-state index is 12.4. The summed E-state index contributed by atoms with van der Waals surface area (Å²) in [5.41, 5.74) is 5.05. The average Bonchev–Trinajstić information content (AvgIpc) is 2.89. The third-order valence-corrected chi connectivity index (χ3v) is 4.38. The van der Waals surface area contributed by atoms with Crippen molar-refractivity contribution in [2.45, 2.75) is 20.3 Å². The van der Waals surface area contributed by atoms with Crippen molar-refractivity contribution >= 4 is 5.91 Å².